The van der Waals surface area contributed by atoms with Crippen molar-refractivity contribution >= 4 is 32.9 Å². The van der Waals surface area contributed by atoms with Gasteiger partial charge in [0.15, 0.2) is 0 Å². The highest BCUT2D eigenvalue weighted by atomic mass is 16.3. The summed E-state index contributed by atoms with van der Waals surface area (Å²) in [5.74, 6) is 0.294. The maximum atomic E-state index is 9.29. The second-order valence-electron chi connectivity index (χ2n) is 5.44. The van der Waals surface area contributed by atoms with Gasteiger partial charge in [-0.3, -0.25) is 0 Å². The first-order valence-electron chi connectivity index (χ1n) is 7.50. The van der Waals surface area contributed by atoms with E-state index in [1.807, 2.05) is 60.7 Å². The molecule has 0 bridgehead atoms. The normalized spacial score (nSPS) is 10.3. The predicted molar refractivity (Wildman–Crippen MR) is 100 cm³/mol. The minimum Gasteiger partial charge on any atom is -0.506 e. The molecular formula is C20H18N2O2. The van der Waals surface area contributed by atoms with Crippen molar-refractivity contribution in [1.29, 1.82) is 0 Å². The van der Waals surface area contributed by atoms with Gasteiger partial charge in [0.1, 0.15) is 11.5 Å². The van der Waals surface area contributed by atoms with Gasteiger partial charge in [0.05, 0.1) is 11.4 Å². The molecule has 0 spiro atoms. The zero-order valence-electron chi connectivity index (χ0n) is 13.0. The molecule has 0 aliphatic carbocycles. The largest absolute Gasteiger partial charge is 0.506 e. The van der Waals surface area contributed by atoms with E-state index in [0.29, 0.717) is 11.4 Å². The number of phenolic OH excluding ortho intramolecular Hbond substituents is 2. The van der Waals surface area contributed by atoms with E-state index >= 15 is 0 Å². The Morgan fingerprint density at radius 2 is 0.875 bits per heavy atom. The molecule has 0 fully saturated rings. The second-order valence-corrected chi connectivity index (χ2v) is 5.44. The third kappa shape index (κ3) is 2.90. The van der Waals surface area contributed by atoms with Crippen LogP contribution in [0.2, 0.25) is 0 Å². The van der Waals surface area contributed by atoms with Gasteiger partial charge in [0, 0.05) is 10.8 Å². The highest BCUT2D eigenvalue weighted by molar-refractivity contribution is 5.96. The maximum Gasteiger partial charge on any atom is 0.139 e. The lowest BCUT2D eigenvalue weighted by Crippen LogP contribution is -1.86. The molecule has 6 N–H and O–H groups in total. The van der Waals surface area contributed by atoms with E-state index in [-0.39, 0.29) is 11.5 Å². The van der Waals surface area contributed by atoms with Crippen LogP contribution in [-0.4, -0.2) is 10.2 Å². The number of nitrogen functional groups attached to an aromatic ring is 2. The molecule has 4 aromatic carbocycles. The monoisotopic (exact) mass is 318 g/mol. The van der Waals surface area contributed by atoms with Gasteiger partial charge in [-0.25, -0.2) is 0 Å². The van der Waals surface area contributed by atoms with Crippen LogP contribution >= 0.6 is 0 Å². The van der Waals surface area contributed by atoms with Crippen LogP contribution in [0.5, 0.6) is 11.5 Å². The number of benzene rings is 4. The SMILES string of the molecule is Nc1c(O)ccc2ccccc12.Nc1c(O)ccc2ccccc12. The number of hydrogen-bond acceptors (Lipinski definition) is 4. The second kappa shape index (κ2) is 6.38. The zero-order valence-corrected chi connectivity index (χ0v) is 13.0. The molecule has 0 radical (unpaired) electrons. The van der Waals surface area contributed by atoms with Crippen molar-refractivity contribution < 1.29 is 10.2 Å². The van der Waals surface area contributed by atoms with Crippen molar-refractivity contribution in [3.63, 3.8) is 0 Å². The molecule has 4 rings (SSSR count). The van der Waals surface area contributed by atoms with Gasteiger partial charge >= 0.3 is 0 Å². The lowest BCUT2D eigenvalue weighted by Gasteiger charge is -2.02. The fourth-order valence-corrected chi connectivity index (χ4v) is 2.57. The number of hydrogen-bond donors (Lipinski definition) is 4. The number of nitrogens with two attached hydrogens (primary N) is 2. The minimum atomic E-state index is 0.147. The lowest BCUT2D eigenvalue weighted by molar-refractivity contribution is 0.478. The Morgan fingerprint density at radius 1 is 0.500 bits per heavy atom. The summed E-state index contributed by atoms with van der Waals surface area (Å²) in [6.07, 6.45) is 0. The van der Waals surface area contributed by atoms with E-state index < -0.39 is 0 Å². The van der Waals surface area contributed by atoms with E-state index in [0.717, 1.165) is 21.5 Å². The molecule has 0 unspecified atom stereocenters. The van der Waals surface area contributed by atoms with Crippen LogP contribution in [0, 0.1) is 0 Å². The molecule has 120 valence electrons. The van der Waals surface area contributed by atoms with Crippen LogP contribution in [0.4, 0.5) is 11.4 Å². The molecule has 4 nitrogen and oxygen atoms in total. The zero-order chi connectivity index (χ0) is 17.1. The van der Waals surface area contributed by atoms with Gasteiger partial charge in [-0.05, 0) is 22.9 Å². The van der Waals surface area contributed by atoms with Gasteiger partial charge in [-0.2, -0.15) is 0 Å². The van der Waals surface area contributed by atoms with Crippen LogP contribution < -0.4 is 11.5 Å². The third-order valence-corrected chi connectivity index (χ3v) is 3.90. The molecule has 0 heterocycles. The maximum absolute atomic E-state index is 9.29. The molecule has 0 aromatic heterocycles. The topological polar surface area (TPSA) is 92.5 Å². The highest BCUT2D eigenvalue weighted by Gasteiger charge is 2.01. The van der Waals surface area contributed by atoms with Crippen LogP contribution in [0.1, 0.15) is 0 Å². The van der Waals surface area contributed by atoms with E-state index in [4.69, 9.17) is 11.5 Å². The first-order valence-corrected chi connectivity index (χ1v) is 7.50. The fourth-order valence-electron chi connectivity index (χ4n) is 2.57. The average molecular weight is 318 g/mol. The Labute approximate surface area is 139 Å². The van der Waals surface area contributed by atoms with Crippen molar-refractivity contribution in [2.45, 2.75) is 0 Å². The fraction of sp³-hybridized carbons (Fsp3) is 0. The van der Waals surface area contributed by atoms with Gasteiger partial charge in [0.2, 0.25) is 0 Å². The van der Waals surface area contributed by atoms with E-state index in [9.17, 15) is 10.2 Å². The van der Waals surface area contributed by atoms with Crippen LogP contribution in [0.25, 0.3) is 21.5 Å². The van der Waals surface area contributed by atoms with E-state index in [1.54, 1.807) is 12.1 Å². The first-order chi connectivity index (χ1) is 11.6. The Hall–Kier alpha value is -3.40. The number of rotatable bonds is 0. The predicted octanol–water partition coefficient (Wildman–Crippen LogP) is 4.26. The van der Waals surface area contributed by atoms with Crippen molar-refractivity contribution in [3.05, 3.63) is 72.8 Å². The summed E-state index contributed by atoms with van der Waals surface area (Å²) in [5, 5.41) is 22.5. The number of anilines is 2. The molecule has 0 aliphatic heterocycles. The van der Waals surface area contributed by atoms with Crippen molar-refractivity contribution in [2.24, 2.45) is 0 Å². The first kappa shape index (κ1) is 15.5. The molecule has 0 saturated heterocycles. The molecule has 0 saturated carbocycles. The summed E-state index contributed by atoms with van der Waals surface area (Å²) in [7, 11) is 0. The van der Waals surface area contributed by atoms with E-state index in [2.05, 4.69) is 0 Å². The highest BCUT2D eigenvalue weighted by Crippen LogP contribution is 2.29. The Balaban J connectivity index is 0.000000141. The minimum absolute atomic E-state index is 0.147. The molecule has 0 amide bonds. The van der Waals surface area contributed by atoms with Gasteiger partial charge in [0.25, 0.3) is 0 Å². The number of aromatic hydroxyl groups is 2. The summed E-state index contributed by atoms with van der Waals surface area (Å²) in [6, 6.07) is 22.3. The lowest BCUT2D eigenvalue weighted by atomic mass is 10.1. The summed E-state index contributed by atoms with van der Waals surface area (Å²) < 4.78 is 0. The summed E-state index contributed by atoms with van der Waals surface area (Å²) in [6.45, 7) is 0. The molecule has 4 heteroatoms. The standard InChI is InChI=1S/2C10H9NO/c2*11-10-8-4-2-1-3-7(8)5-6-9(10)12/h2*1-6,12H,11H2. The van der Waals surface area contributed by atoms with E-state index in [1.165, 1.54) is 0 Å². The molecule has 0 atom stereocenters. The van der Waals surface area contributed by atoms with Crippen LogP contribution in [0.15, 0.2) is 72.8 Å². The van der Waals surface area contributed by atoms with Crippen molar-refractivity contribution in [2.75, 3.05) is 11.5 Å². The number of phenols is 2. The van der Waals surface area contributed by atoms with Crippen molar-refractivity contribution in [3.8, 4) is 11.5 Å². The quantitative estimate of drug-likeness (QED) is 0.288. The summed E-state index contributed by atoms with van der Waals surface area (Å²) >= 11 is 0. The van der Waals surface area contributed by atoms with Crippen molar-refractivity contribution in [1.82, 2.24) is 0 Å². The molecular weight excluding hydrogens is 300 g/mol. The van der Waals surface area contributed by atoms with Gasteiger partial charge in [-0.15, -0.1) is 0 Å². The summed E-state index contributed by atoms with van der Waals surface area (Å²) in [4.78, 5) is 0. The Kier molecular flexibility index (Phi) is 4.12. The third-order valence-electron chi connectivity index (χ3n) is 3.90. The van der Waals surface area contributed by atoms with Gasteiger partial charge in [-0.1, -0.05) is 60.7 Å². The number of fused-ring (bicyclic) bond motifs is 2. The van der Waals surface area contributed by atoms with Crippen LogP contribution in [0.3, 0.4) is 0 Å². The average Bonchev–Trinajstić information content (AvgIpc) is 2.62. The Morgan fingerprint density at radius 3 is 1.29 bits per heavy atom. The van der Waals surface area contributed by atoms with Crippen LogP contribution in [-0.2, 0) is 0 Å². The molecule has 24 heavy (non-hydrogen) atoms. The van der Waals surface area contributed by atoms with Gasteiger partial charge < -0.3 is 21.7 Å². The Bertz CT molecular complexity index is 929. The molecule has 0 aliphatic rings. The smallest absolute Gasteiger partial charge is 0.139 e. The summed E-state index contributed by atoms with van der Waals surface area (Å²) in [5.41, 5.74) is 12.2. The molecule has 4 aromatic rings.